The van der Waals surface area contributed by atoms with Crippen molar-refractivity contribution in [2.24, 2.45) is 28.6 Å². The van der Waals surface area contributed by atoms with Crippen LogP contribution < -0.4 is 10.1 Å². The normalized spacial score (nSPS) is 34.3. The SMILES string of the molecule is COc1ccc(CCNC(=O)CCC(=O)OCC(=O)[C@@]2(O)CC[C@H]3[C@@H]4CCC5=CC(=O)C=C[C@]5(C)[C@H]4[C@@H](O)C[C@@]32C)cc1. The van der Waals surface area contributed by atoms with Gasteiger partial charge in [0.2, 0.25) is 11.7 Å². The third-order valence-electron chi connectivity index (χ3n) is 10.9. The van der Waals surface area contributed by atoms with Crippen molar-refractivity contribution in [3.05, 3.63) is 53.6 Å². The molecular weight excluding hydrogens is 550 g/mol. The van der Waals surface area contributed by atoms with Gasteiger partial charge in [0.25, 0.3) is 0 Å². The van der Waals surface area contributed by atoms with Gasteiger partial charge in [-0.3, -0.25) is 19.2 Å². The zero-order chi connectivity index (χ0) is 31.0. The number of fused-ring (bicyclic) bond motifs is 5. The number of allylic oxidation sites excluding steroid dienone is 4. The molecule has 0 aromatic heterocycles. The highest BCUT2D eigenvalue weighted by Gasteiger charge is 2.68. The number of methoxy groups -OCH3 is 1. The van der Waals surface area contributed by atoms with Crippen LogP contribution in [0.1, 0.15) is 64.4 Å². The Morgan fingerprint density at radius 3 is 2.56 bits per heavy atom. The molecule has 5 rings (SSSR count). The van der Waals surface area contributed by atoms with Crippen LogP contribution in [0.3, 0.4) is 0 Å². The van der Waals surface area contributed by atoms with Gasteiger partial charge >= 0.3 is 5.97 Å². The molecule has 1 amide bonds. The minimum absolute atomic E-state index is 0.0107. The van der Waals surface area contributed by atoms with E-state index in [0.717, 1.165) is 29.7 Å². The summed E-state index contributed by atoms with van der Waals surface area (Å²) in [6.45, 7) is 3.81. The summed E-state index contributed by atoms with van der Waals surface area (Å²) in [4.78, 5) is 50.1. The molecule has 7 atom stereocenters. The second kappa shape index (κ2) is 12.0. The fraction of sp³-hybridized carbons (Fsp3) is 0.588. The lowest BCUT2D eigenvalue weighted by molar-refractivity contribution is -0.181. The van der Waals surface area contributed by atoms with Crippen molar-refractivity contribution in [2.45, 2.75) is 76.9 Å². The Morgan fingerprint density at radius 1 is 1.09 bits per heavy atom. The van der Waals surface area contributed by atoms with E-state index in [4.69, 9.17) is 9.47 Å². The van der Waals surface area contributed by atoms with Crippen molar-refractivity contribution in [1.29, 1.82) is 0 Å². The van der Waals surface area contributed by atoms with Crippen LogP contribution in [0.25, 0.3) is 0 Å². The van der Waals surface area contributed by atoms with E-state index in [-0.39, 0.29) is 55.1 Å². The van der Waals surface area contributed by atoms with Crippen LogP contribution in [0.4, 0.5) is 0 Å². The number of Topliss-reactive ketones (excluding diaryl/α,β-unsaturated/α-hetero) is 1. The fourth-order valence-corrected chi connectivity index (χ4v) is 8.57. The van der Waals surface area contributed by atoms with Crippen LogP contribution in [-0.4, -0.2) is 65.6 Å². The van der Waals surface area contributed by atoms with Gasteiger partial charge in [-0.2, -0.15) is 0 Å². The molecule has 3 N–H and O–H groups in total. The zero-order valence-electron chi connectivity index (χ0n) is 25.3. The smallest absolute Gasteiger partial charge is 0.306 e. The number of aliphatic hydroxyl groups excluding tert-OH is 1. The van der Waals surface area contributed by atoms with E-state index in [1.54, 1.807) is 19.3 Å². The molecule has 0 bridgehead atoms. The van der Waals surface area contributed by atoms with E-state index in [2.05, 4.69) is 12.2 Å². The number of ketones is 2. The number of aliphatic hydroxyl groups is 2. The van der Waals surface area contributed by atoms with Gasteiger partial charge in [-0.25, -0.2) is 0 Å². The van der Waals surface area contributed by atoms with Crippen molar-refractivity contribution in [3.8, 4) is 5.75 Å². The third-order valence-corrected chi connectivity index (χ3v) is 10.9. The molecule has 9 heteroatoms. The Balaban J connectivity index is 1.12. The molecule has 43 heavy (non-hydrogen) atoms. The summed E-state index contributed by atoms with van der Waals surface area (Å²) in [5.41, 5.74) is -0.932. The number of hydrogen-bond donors (Lipinski definition) is 3. The molecular formula is C34H43NO8. The number of carbonyl (C=O) groups is 4. The summed E-state index contributed by atoms with van der Waals surface area (Å²) in [6.07, 6.45) is 7.50. The van der Waals surface area contributed by atoms with Crippen molar-refractivity contribution in [3.63, 3.8) is 0 Å². The van der Waals surface area contributed by atoms with E-state index in [1.165, 1.54) is 0 Å². The first kappa shape index (κ1) is 31.1. The van der Waals surface area contributed by atoms with Crippen LogP contribution in [0.2, 0.25) is 0 Å². The predicted octanol–water partition coefficient (Wildman–Crippen LogP) is 3.26. The summed E-state index contributed by atoms with van der Waals surface area (Å²) in [5, 5.41) is 26.1. The van der Waals surface area contributed by atoms with Crippen molar-refractivity contribution in [2.75, 3.05) is 20.3 Å². The molecule has 1 aromatic rings. The van der Waals surface area contributed by atoms with Gasteiger partial charge in [0.15, 0.2) is 12.4 Å². The molecule has 0 aliphatic heterocycles. The molecule has 3 saturated carbocycles. The Hall–Kier alpha value is -3.30. The number of amides is 1. The standard InChI is InChI=1S/C34H43NO8/c1-32-15-12-23(36)18-22(32)6-9-25-26-13-16-34(41,33(26,2)19-27(37)31(25)32)28(38)20-43-30(40)11-10-29(39)35-17-14-21-4-7-24(42-3)8-5-21/h4-5,7-8,12,15,18,25-27,31,37,41H,6,9-11,13-14,16-17,19-20H2,1-3H3,(H,35,39)/t25-,26-,27-,31+,32-,33-,34-/m0/s1. The molecule has 1 aromatic carbocycles. The highest BCUT2D eigenvalue weighted by molar-refractivity contribution is 6.01. The van der Waals surface area contributed by atoms with Crippen LogP contribution in [0.5, 0.6) is 5.75 Å². The number of nitrogens with one attached hydrogen (secondary N) is 1. The van der Waals surface area contributed by atoms with E-state index in [0.29, 0.717) is 19.4 Å². The Bertz CT molecular complexity index is 1330. The maximum atomic E-state index is 13.4. The van der Waals surface area contributed by atoms with Gasteiger partial charge in [-0.05, 0) is 80.2 Å². The largest absolute Gasteiger partial charge is 0.497 e. The van der Waals surface area contributed by atoms with Gasteiger partial charge in [-0.1, -0.05) is 37.6 Å². The highest BCUT2D eigenvalue weighted by Crippen LogP contribution is 2.67. The summed E-state index contributed by atoms with van der Waals surface area (Å²) < 4.78 is 10.4. The number of esters is 1. The maximum Gasteiger partial charge on any atom is 0.306 e. The molecule has 3 fully saturated rings. The average molecular weight is 594 g/mol. The molecule has 0 heterocycles. The molecule has 0 spiro atoms. The monoisotopic (exact) mass is 593 g/mol. The summed E-state index contributed by atoms with van der Waals surface area (Å²) in [6, 6.07) is 7.55. The van der Waals surface area contributed by atoms with Crippen molar-refractivity contribution < 1.29 is 38.9 Å². The molecule has 0 saturated heterocycles. The molecule has 4 aliphatic carbocycles. The first-order valence-corrected chi connectivity index (χ1v) is 15.3. The van der Waals surface area contributed by atoms with E-state index < -0.39 is 40.9 Å². The topological polar surface area (TPSA) is 139 Å². The van der Waals surface area contributed by atoms with Gasteiger partial charge in [0.1, 0.15) is 11.4 Å². The lowest BCUT2D eigenvalue weighted by atomic mass is 9.46. The lowest BCUT2D eigenvalue weighted by Crippen LogP contribution is -2.61. The molecule has 9 nitrogen and oxygen atoms in total. The molecule has 232 valence electrons. The maximum absolute atomic E-state index is 13.4. The molecule has 0 unspecified atom stereocenters. The minimum atomic E-state index is -1.72. The first-order chi connectivity index (χ1) is 20.4. The van der Waals surface area contributed by atoms with Crippen LogP contribution >= 0.6 is 0 Å². The number of ether oxygens (including phenoxy) is 2. The first-order valence-electron chi connectivity index (χ1n) is 15.3. The summed E-state index contributed by atoms with van der Waals surface area (Å²) >= 11 is 0. The predicted molar refractivity (Wildman–Crippen MR) is 158 cm³/mol. The number of rotatable bonds is 10. The summed E-state index contributed by atoms with van der Waals surface area (Å²) in [7, 11) is 1.60. The average Bonchev–Trinajstić information content (AvgIpc) is 3.25. The van der Waals surface area contributed by atoms with Crippen LogP contribution in [0, 0.1) is 28.6 Å². The van der Waals surface area contributed by atoms with Gasteiger partial charge in [-0.15, -0.1) is 0 Å². The highest BCUT2D eigenvalue weighted by atomic mass is 16.5. The fourth-order valence-electron chi connectivity index (χ4n) is 8.57. The lowest BCUT2D eigenvalue weighted by Gasteiger charge is -2.59. The van der Waals surface area contributed by atoms with E-state index in [9.17, 15) is 29.4 Å². The minimum Gasteiger partial charge on any atom is -0.497 e. The van der Waals surface area contributed by atoms with Gasteiger partial charge in [0, 0.05) is 29.7 Å². The number of carbonyl (C=O) groups excluding carboxylic acids is 4. The van der Waals surface area contributed by atoms with Crippen molar-refractivity contribution >= 4 is 23.4 Å². The molecule has 4 aliphatic rings. The van der Waals surface area contributed by atoms with E-state index >= 15 is 0 Å². The van der Waals surface area contributed by atoms with Crippen LogP contribution in [0.15, 0.2) is 48.1 Å². The third kappa shape index (κ3) is 5.69. The Labute approximate surface area is 252 Å². The summed E-state index contributed by atoms with van der Waals surface area (Å²) in [5.74, 6) is -0.805. The second-order valence-electron chi connectivity index (χ2n) is 13.1. The van der Waals surface area contributed by atoms with Crippen LogP contribution in [-0.2, 0) is 30.3 Å². The number of hydrogen-bond acceptors (Lipinski definition) is 8. The number of benzene rings is 1. The Morgan fingerprint density at radius 2 is 1.84 bits per heavy atom. The Kier molecular flexibility index (Phi) is 8.69. The zero-order valence-corrected chi connectivity index (χ0v) is 25.3. The van der Waals surface area contributed by atoms with Gasteiger partial charge in [0.05, 0.1) is 19.6 Å². The quantitative estimate of drug-likeness (QED) is 0.352. The van der Waals surface area contributed by atoms with E-state index in [1.807, 2.05) is 37.3 Å². The second-order valence-corrected chi connectivity index (χ2v) is 13.1. The van der Waals surface area contributed by atoms with Gasteiger partial charge < -0.3 is 25.0 Å². The molecule has 0 radical (unpaired) electrons. The van der Waals surface area contributed by atoms with Crippen molar-refractivity contribution in [1.82, 2.24) is 5.32 Å².